The molecule has 3 rings (SSSR count). The Morgan fingerprint density at radius 3 is 2.64 bits per heavy atom. The first kappa shape index (κ1) is 14.2. The molecule has 110 valence electrons. The molecule has 0 unspecified atom stereocenters. The average molecular weight is 311 g/mol. The quantitative estimate of drug-likeness (QED) is 0.542. The van der Waals surface area contributed by atoms with Gasteiger partial charge in [0.25, 0.3) is 5.69 Å². The summed E-state index contributed by atoms with van der Waals surface area (Å²) in [4.78, 5) is 15.9. The van der Waals surface area contributed by atoms with E-state index in [1.165, 1.54) is 17.4 Å². The molecule has 0 atom stereocenters. The second kappa shape index (κ2) is 5.95. The Morgan fingerprint density at radius 2 is 1.95 bits per heavy atom. The maximum absolute atomic E-state index is 10.8. The minimum atomic E-state index is -0.397. The van der Waals surface area contributed by atoms with Crippen LogP contribution in [0.2, 0.25) is 0 Å². The third kappa shape index (κ3) is 2.82. The minimum absolute atomic E-state index is 0.0820. The van der Waals surface area contributed by atoms with Gasteiger partial charge in [0.2, 0.25) is 0 Å². The van der Waals surface area contributed by atoms with E-state index in [4.69, 9.17) is 0 Å². The molecule has 22 heavy (non-hydrogen) atoms. The second-order valence-electron chi connectivity index (χ2n) is 4.73. The summed E-state index contributed by atoms with van der Waals surface area (Å²) < 4.78 is 1.99. The van der Waals surface area contributed by atoms with Gasteiger partial charge in [0, 0.05) is 29.4 Å². The number of hydrogen-bond acceptors (Lipinski definition) is 4. The lowest BCUT2D eigenvalue weighted by Crippen LogP contribution is -2.11. The summed E-state index contributed by atoms with van der Waals surface area (Å²) in [7, 11) is 0. The number of nitro benzene ring substituents is 1. The number of para-hydroxylation sites is 1. The zero-order chi connectivity index (χ0) is 15.5. The Morgan fingerprint density at radius 1 is 1.18 bits per heavy atom. The highest BCUT2D eigenvalue weighted by atomic mass is 32.1. The molecule has 0 N–H and O–H groups in total. The Bertz CT molecular complexity index is 882. The van der Waals surface area contributed by atoms with E-state index >= 15 is 0 Å². The van der Waals surface area contributed by atoms with E-state index in [1.807, 2.05) is 53.4 Å². The molecule has 0 saturated carbocycles. The van der Waals surface area contributed by atoms with Crippen molar-refractivity contribution in [1.82, 2.24) is 4.57 Å². The van der Waals surface area contributed by atoms with Crippen LogP contribution in [0.5, 0.6) is 0 Å². The number of hydrogen-bond donors (Lipinski definition) is 0. The fraction of sp³-hybridized carbons (Fsp3) is 0.0625. The number of rotatable bonds is 3. The molecule has 1 aromatic heterocycles. The molecule has 5 nitrogen and oxygen atoms in total. The van der Waals surface area contributed by atoms with Crippen molar-refractivity contribution in [1.29, 1.82) is 0 Å². The minimum Gasteiger partial charge on any atom is -0.292 e. The summed E-state index contributed by atoms with van der Waals surface area (Å²) in [5.74, 6) is 0. The molecule has 0 fully saturated rings. The van der Waals surface area contributed by atoms with Crippen LogP contribution in [0.1, 0.15) is 5.56 Å². The van der Waals surface area contributed by atoms with Crippen LogP contribution in [0.15, 0.2) is 65.1 Å². The predicted octanol–water partition coefficient (Wildman–Crippen LogP) is 3.99. The van der Waals surface area contributed by atoms with E-state index in [2.05, 4.69) is 4.99 Å². The molecule has 0 bridgehead atoms. The van der Waals surface area contributed by atoms with Crippen LogP contribution in [0, 0.1) is 17.0 Å². The van der Waals surface area contributed by atoms with Crippen molar-refractivity contribution in [3.05, 3.63) is 80.6 Å². The molecule has 0 aliphatic heterocycles. The van der Waals surface area contributed by atoms with Crippen LogP contribution in [0.25, 0.3) is 5.69 Å². The lowest BCUT2D eigenvalue weighted by atomic mass is 10.2. The number of thiazole rings is 1. The van der Waals surface area contributed by atoms with Gasteiger partial charge in [-0.25, -0.2) is 4.99 Å². The van der Waals surface area contributed by atoms with Crippen LogP contribution in [-0.4, -0.2) is 9.49 Å². The van der Waals surface area contributed by atoms with Gasteiger partial charge in [0.15, 0.2) is 4.80 Å². The molecule has 0 radical (unpaired) electrons. The number of benzene rings is 2. The molecule has 0 spiro atoms. The van der Waals surface area contributed by atoms with Crippen molar-refractivity contribution >= 4 is 22.7 Å². The predicted molar refractivity (Wildman–Crippen MR) is 86.7 cm³/mol. The third-order valence-electron chi connectivity index (χ3n) is 3.23. The van der Waals surface area contributed by atoms with Gasteiger partial charge < -0.3 is 0 Å². The highest BCUT2D eigenvalue weighted by Crippen LogP contribution is 2.23. The van der Waals surface area contributed by atoms with Crippen molar-refractivity contribution in [2.75, 3.05) is 0 Å². The second-order valence-corrected chi connectivity index (χ2v) is 5.60. The fourth-order valence-corrected chi connectivity index (χ4v) is 2.85. The van der Waals surface area contributed by atoms with Gasteiger partial charge >= 0.3 is 0 Å². The molecule has 0 saturated heterocycles. The van der Waals surface area contributed by atoms with Crippen LogP contribution in [0.3, 0.4) is 0 Å². The van der Waals surface area contributed by atoms with E-state index in [9.17, 15) is 10.1 Å². The summed E-state index contributed by atoms with van der Waals surface area (Å²) >= 11 is 1.52. The summed E-state index contributed by atoms with van der Waals surface area (Å²) in [6.07, 6.45) is 1.96. The zero-order valence-corrected chi connectivity index (χ0v) is 12.7. The highest BCUT2D eigenvalue weighted by molar-refractivity contribution is 7.07. The van der Waals surface area contributed by atoms with Crippen molar-refractivity contribution < 1.29 is 4.92 Å². The molecule has 0 aliphatic carbocycles. The molecule has 1 heterocycles. The van der Waals surface area contributed by atoms with Crippen molar-refractivity contribution in [3.8, 4) is 5.69 Å². The maximum atomic E-state index is 10.8. The first-order chi connectivity index (χ1) is 10.6. The number of nitro groups is 1. The third-order valence-corrected chi connectivity index (χ3v) is 3.99. The zero-order valence-electron chi connectivity index (χ0n) is 11.8. The van der Waals surface area contributed by atoms with E-state index in [-0.39, 0.29) is 5.69 Å². The van der Waals surface area contributed by atoms with Gasteiger partial charge in [0.05, 0.1) is 10.6 Å². The standard InChI is InChI=1S/C16H13N3O2S/c1-12-11-14(19(20)21)7-8-15(12)17-16-18(9-10-22-16)13-5-3-2-4-6-13/h2-11H,1H3. The maximum Gasteiger partial charge on any atom is 0.269 e. The highest BCUT2D eigenvalue weighted by Gasteiger charge is 2.08. The fourth-order valence-electron chi connectivity index (χ4n) is 2.12. The molecule has 0 amide bonds. The lowest BCUT2D eigenvalue weighted by Gasteiger charge is -2.03. The number of non-ortho nitro benzene ring substituents is 1. The molecule has 0 aliphatic rings. The molecular formula is C16H13N3O2S. The van der Waals surface area contributed by atoms with Gasteiger partial charge in [-0.15, -0.1) is 11.3 Å². The van der Waals surface area contributed by atoms with E-state index in [1.54, 1.807) is 12.1 Å². The first-order valence-electron chi connectivity index (χ1n) is 6.66. The van der Waals surface area contributed by atoms with E-state index < -0.39 is 4.92 Å². The van der Waals surface area contributed by atoms with E-state index in [0.29, 0.717) is 0 Å². The summed E-state index contributed by atoms with van der Waals surface area (Å²) in [5.41, 5.74) is 2.63. The normalized spacial score (nSPS) is 11.6. The molecule has 3 aromatic rings. The Balaban J connectivity index is 2.08. The van der Waals surface area contributed by atoms with Gasteiger partial charge in [0.1, 0.15) is 0 Å². The molecular weight excluding hydrogens is 298 g/mol. The Kier molecular flexibility index (Phi) is 3.84. The molecule has 6 heteroatoms. The van der Waals surface area contributed by atoms with Crippen LogP contribution >= 0.6 is 11.3 Å². The first-order valence-corrected chi connectivity index (χ1v) is 7.54. The number of nitrogens with zero attached hydrogens (tertiary/aromatic N) is 3. The van der Waals surface area contributed by atoms with Gasteiger partial charge in [-0.05, 0) is 30.7 Å². The summed E-state index contributed by atoms with van der Waals surface area (Å²) in [6, 6.07) is 14.6. The number of aromatic nitrogens is 1. The molecule has 2 aromatic carbocycles. The Hall–Kier alpha value is -2.73. The van der Waals surface area contributed by atoms with Crippen LogP contribution in [0.4, 0.5) is 11.4 Å². The summed E-state index contributed by atoms with van der Waals surface area (Å²) in [5, 5.41) is 12.8. The van der Waals surface area contributed by atoms with E-state index in [0.717, 1.165) is 21.7 Å². The van der Waals surface area contributed by atoms with Crippen molar-refractivity contribution in [2.45, 2.75) is 6.92 Å². The van der Waals surface area contributed by atoms with Gasteiger partial charge in [-0.3, -0.25) is 14.7 Å². The van der Waals surface area contributed by atoms with Gasteiger partial charge in [-0.1, -0.05) is 18.2 Å². The Labute approximate surface area is 131 Å². The van der Waals surface area contributed by atoms with Crippen molar-refractivity contribution in [2.24, 2.45) is 4.99 Å². The van der Waals surface area contributed by atoms with Crippen LogP contribution < -0.4 is 4.80 Å². The smallest absolute Gasteiger partial charge is 0.269 e. The average Bonchev–Trinajstić information content (AvgIpc) is 2.98. The topological polar surface area (TPSA) is 60.4 Å². The number of aryl methyl sites for hydroxylation is 1. The SMILES string of the molecule is Cc1cc([N+](=O)[O-])ccc1N=c1sccn1-c1ccccc1. The summed E-state index contributed by atoms with van der Waals surface area (Å²) in [6.45, 7) is 1.83. The van der Waals surface area contributed by atoms with Gasteiger partial charge in [-0.2, -0.15) is 0 Å². The van der Waals surface area contributed by atoms with Crippen LogP contribution in [-0.2, 0) is 0 Å². The monoisotopic (exact) mass is 311 g/mol. The largest absolute Gasteiger partial charge is 0.292 e. The lowest BCUT2D eigenvalue weighted by molar-refractivity contribution is -0.384. The van der Waals surface area contributed by atoms with Crippen molar-refractivity contribution in [3.63, 3.8) is 0 Å².